The largest absolute Gasteiger partial charge is 0.309 e. The topological polar surface area (TPSA) is 3.24 Å². The first-order chi connectivity index (χ1) is 26.8. The van der Waals surface area contributed by atoms with Crippen LogP contribution in [0.5, 0.6) is 0 Å². The molecular weight excluding hydrogens is 671 g/mol. The van der Waals surface area contributed by atoms with E-state index in [-0.39, 0.29) is 0 Å². The zero-order valence-corrected chi connectivity index (χ0v) is 30.4. The fourth-order valence-corrected chi connectivity index (χ4v) is 9.06. The highest BCUT2D eigenvalue weighted by atomic mass is 32.1. The smallest absolute Gasteiger partial charge is 0.0640 e. The molecule has 0 bridgehead atoms. The summed E-state index contributed by atoms with van der Waals surface area (Å²) in [4.78, 5) is 2.44. The first-order valence-corrected chi connectivity index (χ1v) is 19.2. The van der Waals surface area contributed by atoms with E-state index in [0.29, 0.717) is 0 Å². The van der Waals surface area contributed by atoms with E-state index in [2.05, 4.69) is 217 Å². The molecule has 0 fully saturated rings. The van der Waals surface area contributed by atoms with Gasteiger partial charge in [-0.2, -0.15) is 0 Å². The summed E-state index contributed by atoms with van der Waals surface area (Å²) in [6, 6.07) is 77.1. The molecule has 0 aliphatic rings. The third-order valence-corrected chi connectivity index (χ3v) is 11.7. The number of benzene rings is 9. The molecule has 1 heterocycles. The molecule has 0 aliphatic heterocycles. The Bertz CT molecular complexity index is 2910. The first-order valence-electron chi connectivity index (χ1n) is 18.4. The molecule has 9 aromatic carbocycles. The van der Waals surface area contributed by atoms with Crippen LogP contribution in [0.3, 0.4) is 0 Å². The average molecular weight is 706 g/mol. The molecule has 2 heteroatoms. The van der Waals surface area contributed by atoms with Crippen molar-refractivity contribution in [2.45, 2.75) is 0 Å². The predicted molar refractivity (Wildman–Crippen MR) is 233 cm³/mol. The van der Waals surface area contributed by atoms with Crippen molar-refractivity contribution in [1.82, 2.24) is 0 Å². The van der Waals surface area contributed by atoms with Gasteiger partial charge in [0, 0.05) is 26.8 Å². The lowest BCUT2D eigenvalue weighted by molar-refractivity contribution is 1.30. The number of anilines is 3. The minimum absolute atomic E-state index is 1.11. The maximum atomic E-state index is 2.44. The second-order valence-electron chi connectivity index (χ2n) is 13.7. The number of hydrogen-bond donors (Lipinski definition) is 0. The molecule has 0 atom stereocenters. The normalized spacial score (nSPS) is 11.3. The van der Waals surface area contributed by atoms with Crippen molar-refractivity contribution < 1.29 is 0 Å². The molecule has 0 N–H and O–H groups in total. The van der Waals surface area contributed by atoms with Crippen LogP contribution >= 0.6 is 11.3 Å². The van der Waals surface area contributed by atoms with Gasteiger partial charge < -0.3 is 4.90 Å². The van der Waals surface area contributed by atoms with Crippen molar-refractivity contribution in [3.8, 4) is 44.5 Å². The van der Waals surface area contributed by atoms with E-state index in [1.54, 1.807) is 0 Å². The highest BCUT2D eigenvalue weighted by Gasteiger charge is 2.20. The summed E-state index contributed by atoms with van der Waals surface area (Å²) in [6.45, 7) is 0. The maximum Gasteiger partial charge on any atom is 0.0640 e. The molecule has 0 spiro atoms. The minimum Gasteiger partial charge on any atom is -0.309 e. The van der Waals surface area contributed by atoms with Gasteiger partial charge in [-0.3, -0.25) is 0 Å². The molecular formula is C52H35NS. The Morgan fingerprint density at radius 2 is 0.907 bits per heavy atom. The molecule has 10 rings (SSSR count). The highest BCUT2D eigenvalue weighted by molar-refractivity contribution is 7.26. The van der Waals surface area contributed by atoms with Crippen LogP contribution in [0.25, 0.3) is 75.5 Å². The number of fused-ring (bicyclic) bond motifs is 4. The quantitative estimate of drug-likeness (QED) is 0.160. The number of nitrogens with zero attached hydrogens (tertiary/aromatic N) is 1. The van der Waals surface area contributed by atoms with Crippen molar-refractivity contribution >= 4 is 59.3 Å². The average Bonchev–Trinajstić information content (AvgIpc) is 3.64. The Balaban J connectivity index is 1.14. The third kappa shape index (κ3) is 5.74. The van der Waals surface area contributed by atoms with Gasteiger partial charge in [0.05, 0.1) is 10.4 Å². The summed E-state index contributed by atoms with van der Waals surface area (Å²) in [5, 5.41) is 5.08. The molecule has 254 valence electrons. The second-order valence-corrected chi connectivity index (χ2v) is 14.8. The van der Waals surface area contributed by atoms with Crippen LogP contribution in [-0.2, 0) is 0 Å². The summed E-state index contributed by atoms with van der Waals surface area (Å²) in [5.41, 5.74) is 13.1. The number of thiophene rings is 1. The Kier molecular flexibility index (Phi) is 8.09. The summed E-state index contributed by atoms with van der Waals surface area (Å²) < 4.78 is 2.57. The minimum atomic E-state index is 1.11. The van der Waals surface area contributed by atoms with Gasteiger partial charge in [-0.1, -0.05) is 170 Å². The molecule has 0 amide bonds. The van der Waals surface area contributed by atoms with E-state index in [4.69, 9.17) is 0 Å². The Labute approximate surface area is 319 Å². The highest BCUT2D eigenvalue weighted by Crippen LogP contribution is 2.46. The van der Waals surface area contributed by atoms with Crippen molar-refractivity contribution in [3.05, 3.63) is 212 Å². The molecule has 1 aromatic heterocycles. The van der Waals surface area contributed by atoms with Gasteiger partial charge in [-0.15, -0.1) is 11.3 Å². The molecule has 0 saturated heterocycles. The van der Waals surface area contributed by atoms with E-state index in [1.165, 1.54) is 81.1 Å². The van der Waals surface area contributed by atoms with Crippen LogP contribution in [0.2, 0.25) is 0 Å². The van der Waals surface area contributed by atoms with Gasteiger partial charge in [-0.05, 0) is 97.7 Å². The zero-order valence-electron chi connectivity index (χ0n) is 29.6. The summed E-state index contributed by atoms with van der Waals surface area (Å²) in [7, 11) is 0. The SMILES string of the molecule is c1ccc(-c2ccc(N(c3ccc(-c4ccc5cccc(-c6ccccc6)c5c4)cc3)c3cccc4c3sc3ccccc34)cc2-c2ccccc2)cc1. The van der Waals surface area contributed by atoms with Crippen LogP contribution < -0.4 is 4.90 Å². The molecule has 54 heavy (non-hydrogen) atoms. The molecule has 0 radical (unpaired) electrons. The van der Waals surface area contributed by atoms with E-state index >= 15 is 0 Å². The Morgan fingerprint density at radius 1 is 0.315 bits per heavy atom. The van der Waals surface area contributed by atoms with Crippen LogP contribution in [0, 0.1) is 0 Å². The summed E-state index contributed by atoms with van der Waals surface area (Å²) in [5.74, 6) is 0. The summed E-state index contributed by atoms with van der Waals surface area (Å²) >= 11 is 1.87. The molecule has 0 aliphatic carbocycles. The van der Waals surface area contributed by atoms with Gasteiger partial charge in [0.15, 0.2) is 0 Å². The monoisotopic (exact) mass is 705 g/mol. The van der Waals surface area contributed by atoms with Gasteiger partial charge in [0.25, 0.3) is 0 Å². The van der Waals surface area contributed by atoms with Crippen LogP contribution in [0.15, 0.2) is 212 Å². The van der Waals surface area contributed by atoms with Crippen molar-refractivity contribution in [1.29, 1.82) is 0 Å². The fraction of sp³-hybridized carbons (Fsp3) is 0. The summed E-state index contributed by atoms with van der Waals surface area (Å²) in [6.07, 6.45) is 0. The van der Waals surface area contributed by atoms with Crippen LogP contribution in [-0.4, -0.2) is 0 Å². The zero-order chi connectivity index (χ0) is 35.8. The lowest BCUT2D eigenvalue weighted by atomic mass is 9.93. The van der Waals surface area contributed by atoms with E-state index in [9.17, 15) is 0 Å². The lowest BCUT2D eigenvalue weighted by Crippen LogP contribution is -2.10. The second kappa shape index (κ2) is 13.7. The van der Waals surface area contributed by atoms with Gasteiger partial charge in [-0.25, -0.2) is 0 Å². The number of rotatable bonds is 7. The van der Waals surface area contributed by atoms with E-state index in [1.807, 2.05) is 11.3 Å². The standard InChI is InChI=1S/C52H35NS/c1-4-14-37(15-5-1)44-22-12-20-40-26-27-41(34-48(40)44)36-28-30-42(31-29-36)53(50-24-13-23-47-46-21-10-11-25-51(46)54-52(47)50)43-32-33-45(38-16-6-2-7-17-38)49(35-43)39-18-8-3-9-19-39/h1-35H. The maximum absolute atomic E-state index is 2.44. The van der Waals surface area contributed by atoms with Gasteiger partial charge in [0.1, 0.15) is 0 Å². The first kappa shape index (κ1) is 32.0. The van der Waals surface area contributed by atoms with Gasteiger partial charge in [0.2, 0.25) is 0 Å². The Morgan fingerprint density at radius 3 is 1.65 bits per heavy atom. The molecule has 1 nitrogen and oxygen atoms in total. The van der Waals surface area contributed by atoms with Crippen molar-refractivity contribution in [3.63, 3.8) is 0 Å². The van der Waals surface area contributed by atoms with E-state index in [0.717, 1.165) is 11.4 Å². The van der Waals surface area contributed by atoms with Crippen molar-refractivity contribution in [2.24, 2.45) is 0 Å². The third-order valence-electron chi connectivity index (χ3n) is 10.5. The molecule has 10 aromatic rings. The van der Waals surface area contributed by atoms with E-state index < -0.39 is 0 Å². The van der Waals surface area contributed by atoms with Gasteiger partial charge >= 0.3 is 0 Å². The van der Waals surface area contributed by atoms with Crippen LogP contribution in [0.1, 0.15) is 0 Å². The van der Waals surface area contributed by atoms with Crippen LogP contribution in [0.4, 0.5) is 17.1 Å². The predicted octanol–water partition coefficient (Wildman–Crippen LogP) is 15.3. The van der Waals surface area contributed by atoms with Crippen molar-refractivity contribution in [2.75, 3.05) is 4.90 Å². The molecule has 0 unspecified atom stereocenters. The number of hydrogen-bond acceptors (Lipinski definition) is 2. The Hall–Kier alpha value is -6.74. The lowest BCUT2D eigenvalue weighted by Gasteiger charge is -2.27. The molecule has 0 saturated carbocycles. The fourth-order valence-electron chi connectivity index (χ4n) is 7.86.